The van der Waals surface area contributed by atoms with E-state index in [-0.39, 0.29) is 0 Å². The number of nitrogens with zero attached hydrogens (tertiary/aromatic N) is 1. The predicted molar refractivity (Wildman–Crippen MR) is 75.6 cm³/mol. The number of fused-ring (bicyclic) bond motifs is 1. The minimum atomic E-state index is 0.555. The number of rotatable bonds is 2. The summed E-state index contributed by atoms with van der Waals surface area (Å²) in [6.45, 7) is 4.71. The van der Waals surface area contributed by atoms with Gasteiger partial charge in [-0.15, -0.1) is 0 Å². The molecule has 2 heteroatoms. The summed E-state index contributed by atoms with van der Waals surface area (Å²) in [5, 5.41) is 3.72. The van der Waals surface area contributed by atoms with E-state index in [0.717, 1.165) is 18.6 Å². The van der Waals surface area contributed by atoms with Gasteiger partial charge in [-0.2, -0.15) is 0 Å². The van der Waals surface area contributed by atoms with Gasteiger partial charge in [0.05, 0.1) is 0 Å². The zero-order valence-corrected chi connectivity index (χ0v) is 11.3. The Morgan fingerprint density at radius 3 is 2.78 bits per heavy atom. The Bertz CT molecular complexity index is 374. The standard InChI is InChI=1S/C16H24N2/c1-13(14-7-3-2-4-8-14)18-12-11-17-15-9-5-6-10-16(15)18/h2-4,7-8,13,15-17H,5-6,9-12H2,1H3/t13-,15-,16+/m1/s1. The summed E-state index contributed by atoms with van der Waals surface area (Å²) >= 11 is 0. The highest BCUT2D eigenvalue weighted by molar-refractivity contribution is 5.19. The molecule has 3 rings (SSSR count). The lowest BCUT2D eigenvalue weighted by Gasteiger charge is -2.47. The molecule has 1 heterocycles. The van der Waals surface area contributed by atoms with E-state index < -0.39 is 0 Å². The number of hydrogen-bond acceptors (Lipinski definition) is 2. The summed E-state index contributed by atoms with van der Waals surface area (Å²) in [5.41, 5.74) is 1.46. The van der Waals surface area contributed by atoms with E-state index in [1.165, 1.54) is 37.8 Å². The number of hydrogen-bond donors (Lipinski definition) is 1. The number of nitrogens with one attached hydrogen (secondary N) is 1. The van der Waals surface area contributed by atoms with E-state index in [4.69, 9.17) is 0 Å². The van der Waals surface area contributed by atoms with E-state index in [0.29, 0.717) is 6.04 Å². The van der Waals surface area contributed by atoms with Crippen molar-refractivity contribution in [3.63, 3.8) is 0 Å². The Balaban J connectivity index is 1.77. The van der Waals surface area contributed by atoms with Gasteiger partial charge in [-0.1, -0.05) is 43.2 Å². The first-order valence-corrected chi connectivity index (χ1v) is 7.40. The minimum absolute atomic E-state index is 0.555. The molecule has 1 aromatic carbocycles. The van der Waals surface area contributed by atoms with Crippen LogP contribution < -0.4 is 5.32 Å². The van der Waals surface area contributed by atoms with E-state index in [9.17, 15) is 0 Å². The van der Waals surface area contributed by atoms with Crippen molar-refractivity contribution >= 4 is 0 Å². The first kappa shape index (κ1) is 12.2. The molecule has 0 amide bonds. The molecule has 0 radical (unpaired) electrons. The Morgan fingerprint density at radius 2 is 1.94 bits per heavy atom. The van der Waals surface area contributed by atoms with Gasteiger partial charge in [0.2, 0.25) is 0 Å². The molecule has 0 unspecified atom stereocenters. The van der Waals surface area contributed by atoms with Crippen molar-refractivity contribution in [2.45, 2.75) is 50.7 Å². The molecular weight excluding hydrogens is 220 g/mol. The predicted octanol–water partition coefficient (Wildman–Crippen LogP) is 2.96. The van der Waals surface area contributed by atoms with Crippen LogP contribution in [0.25, 0.3) is 0 Å². The van der Waals surface area contributed by atoms with Gasteiger partial charge < -0.3 is 5.32 Å². The molecule has 2 aliphatic rings. The zero-order chi connectivity index (χ0) is 12.4. The van der Waals surface area contributed by atoms with E-state index in [1.807, 2.05) is 0 Å². The van der Waals surface area contributed by atoms with Crippen LogP contribution in [0.2, 0.25) is 0 Å². The Labute approximate surface area is 110 Å². The molecule has 2 nitrogen and oxygen atoms in total. The highest BCUT2D eigenvalue weighted by Gasteiger charge is 2.35. The van der Waals surface area contributed by atoms with Crippen LogP contribution in [-0.4, -0.2) is 30.1 Å². The van der Waals surface area contributed by atoms with Crippen LogP contribution in [0.4, 0.5) is 0 Å². The molecule has 0 aromatic heterocycles. The molecule has 3 atom stereocenters. The monoisotopic (exact) mass is 244 g/mol. The Hall–Kier alpha value is -0.860. The van der Waals surface area contributed by atoms with Crippen molar-refractivity contribution in [1.29, 1.82) is 0 Å². The van der Waals surface area contributed by atoms with Gasteiger partial charge >= 0.3 is 0 Å². The van der Waals surface area contributed by atoms with Crippen LogP contribution in [0.3, 0.4) is 0 Å². The van der Waals surface area contributed by atoms with Gasteiger partial charge in [-0.25, -0.2) is 0 Å². The average molecular weight is 244 g/mol. The summed E-state index contributed by atoms with van der Waals surface area (Å²) in [4.78, 5) is 2.73. The fraction of sp³-hybridized carbons (Fsp3) is 0.625. The van der Waals surface area contributed by atoms with Crippen molar-refractivity contribution < 1.29 is 0 Å². The van der Waals surface area contributed by atoms with Crippen LogP contribution in [0, 0.1) is 0 Å². The van der Waals surface area contributed by atoms with Crippen molar-refractivity contribution in [3.05, 3.63) is 35.9 Å². The van der Waals surface area contributed by atoms with Crippen LogP contribution in [0.5, 0.6) is 0 Å². The molecule has 98 valence electrons. The number of piperazine rings is 1. The van der Waals surface area contributed by atoms with Crippen LogP contribution >= 0.6 is 0 Å². The quantitative estimate of drug-likeness (QED) is 0.860. The second-order valence-corrected chi connectivity index (χ2v) is 5.74. The van der Waals surface area contributed by atoms with Crippen molar-refractivity contribution in [2.75, 3.05) is 13.1 Å². The molecule has 1 aliphatic carbocycles. The van der Waals surface area contributed by atoms with Crippen molar-refractivity contribution in [1.82, 2.24) is 10.2 Å². The van der Waals surface area contributed by atoms with Crippen LogP contribution in [0.1, 0.15) is 44.2 Å². The minimum Gasteiger partial charge on any atom is -0.311 e. The fourth-order valence-corrected chi connectivity index (χ4v) is 3.70. The van der Waals surface area contributed by atoms with Gasteiger partial charge in [-0.3, -0.25) is 4.90 Å². The Kier molecular flexibility index (Phi) is 3.67. The third kappa shape index (κ3) is 2.32. The third-order valence-corrected chi connectivity index (χ3v) is 4.71. The van der Waals surface area contributed by atoms with E-state index in [2.05, 4.69) is 47.5 Å². The van der Waals surface area contributed by atoms with Gasteiger partial charge in [0, 0.05) is 31.2 Å². The summed E-state index contributed by atoms with van der Waals surface area (Å²) in [6.07, 6.45) is 5.54. The highest BCUT2D eigenvalue weighted by Crippen LogP contribution is 2.31. The second-order valence-electron chi connectivity index (χ2n) is 5.74. The number of benzene rings is 1. The second kappa shape index (κ2) is 5.41. The average Bonchev–Trinajstić information content (AvgIpc) is 2.47. The molecule has 0 spiro atoms. The van der Waals surface area contributed by atoms with Crippen molar-refractivity contribution in [2.24, 2.45) is 0 Å². The van der Waals surface area contributed by atoms with Crippen LogP contribution in [0.15, 0.2) is 30.3 Å². The maximum atomic E-state index is 3.72. The largest absolute Gasteiger partial charge is 0.311 e. The summed E-state index contributed by atoms with van der Waals surface area (Å²) in [5.74, 6) is 0. The summed E-state index contributed by atoms with van der Waals surface area (Å²) in [7, 11) is 0. The van der Waals surface area contributed by atoms with Gasteiger partial charge in [0.15, 0.2) is 0 Å². The maximum Gasteiger partial charge on any atom is 0.0324 e. The molecule has 18 heavy (non-hydrogen) atoms. The first-order chi connectivity index (χ1) is 8.86. The molecule has 1 N–H and O–H groups in total. The third-order valence-electron chi connectivity index (χ3n) is 4.71. The Morgan fingerprint density at radius 1 is 1.17 bits per heavy atom. The van der Waals surface area contributed by atoms with Crippen molar-refractivity contribution in [3.8, 4) is 0 Å². The van der Waals surface area contributed by atoms with E-state index in [1.54, 1.807) is 0 Å². The molecule has 1 aromatic rings. The molecule has 2 fully saturated rings. The normalized spacial score (nSPS) is 30.7. The summed E-state index contributed by atoms with van der Waals surface area (Å²) in [6, 6.07) is 13.0. The molecule has 1 saturated carbocycles. The SMILES string of the molecule is C[C@H](c1ccccc1)N1CCN[C@@H]2CCCC[C@@H]21. The summed E-state index contributed by atoms with van der Waals surface area (Å²) < 4.78 is 0. The lowest BCUT2D eigenvalue weighted by molar-refractivity contribution is 0.0550. The maximum absolute atomic E-state index is 3.72. The fourth-order valence-electron chi connectivity index (χ4n) is 3.70. The lowest BCUT2D eigenvalue weighted by Crippen LogP contribution is -2.59. The van der Waals surface area contributed by atoms with E-state index >= 15 is 0 Å². The first-order valence-electron chi connectivity index (χ1n) is 7.40. The smallest absolute Gasteiger partial charge is 0.0324 e. The topological polar surface area (TPSA) is 15.3 Å². The molecular formula is C16H24N2. The lowest BCUT2D eigenvalue weighted by atomic mass is 9.86. The molecule has 1 saturated heterocycles. The van der Waals surface area contributed by atoms with Gasteiger partial charge in [0.25, 0.3) is 0 Å². The molecule has 0 bridgehead atoms. The molecule has 1 aliphatic heterocycles. The van der Waals surface area contributed by atoms with Crippen LogP contribution in [-0.2, 0) is 0 Å². The van der Waals surface area contributed by atoms with Gasteiger partial charge in [-0.05, 0) is 25.3 Å². The highest BCUT2D eigenvalue weighted by atomic mass is 15.3. The van der Waals surface area contributed by atoms with Gasteiger partial charge in [0.1, 0.15) is 0 Å². The zero-order valence-electron chi connectivity index (χ0n) is 11.3.